The Hall–Kier alpha value is -4.46. The molecule has 0 bridgehead atoms. The minimum absolute atomic E-state index is 0.0610. The number of nitrogens with zero attached hydrogens (tertiary/aromatic N) is 3. The molecular weight excluding hydrogens is 432 g/mol. The molecule has 0 atom stereocenters. The normalized spacial score (nSPS) is 11.1. The van der Waals surface area contributed by atoms with Gasteiger partial charge in [-0.3, -0.25) is 9.59 Å². The van der Waals surface area contributed by atoms with Crippen molar-refractivity contribution in [3.63, 3.8) is 0 Å². The summed E-state index contributed by atoms with van der Waals surface area (Å²) in [5, 5.41) is 21.8. The molecule has 0 spiro atoms. The summed E-state index contributed by atoms with van der Waals surface area (Å²) in [5.74, 6) is -0.591. The van der Waals surface area contributed by atoms with Crippen LogP contribution in [0.2, 0.25) is 0 Å². The Morgan fingerprint density at radius 2 is 1.76 bits per heavy atom. The first-order valence-electron chi connectivity index (χ1n) is 10.8. The molecule has 2 amide bonds. The predicted octanol–water partition coefficient (Wildman–Crippen LogP) is 4.64. The minimum Gasteiger partial charge on any atom is -0.497 e. The number of hydrogen-bond donors (Lipinski definition) is 2. The number of azo groups is 1. The van der Waals surface area contributed by atoms with Gasteiger partial charge in [0.1, 0.15) is 12.3 Å². The third kappa shape index (κ3) is 5.12. The average Bonchev–Trinajstić information content (AvgIpc) is 3.15. The van der Waals surface area contributed by atoms with Gasteiger partial charge in [0.25, 0.3) is 11.8 Å². The van der Waals surface area contributed by atoms with E-state index in [4.69, 9.17) is 4.74 Å². The maximum absolute atomic E-state index is 12.3. The Morgan fingerprint density at radius 1 is 1.00 bits per heavy atom. The van der Waals surface area contributed by atoms with Crippen molar-refractivity contribution in [3.8, 4) is 11.6 Å². The average molecular weight is 457 g/mol. The van der Waals surface area contributed by atoms with Crippen LogP contribution in [0.5, 0.6) is 11.6 Å². The van der Waals surface area contributed by atoms with E-state index in [0.717, 1.165) is 17.5 Å². The number of hydrogen-bond acceptors (Lipinski definition) is 5. The molecule has 8 heteroatoms. The fourth-order valence-corrected chi connectivity index (χ4v) is 3.65. The molecule has 1 aromatic heterocycles. The monoisotopic (exact) mass is 456 g/mol. The molecule has 4 aromatic rings. The summed E-state index contributed by atoms with van der Waals surface area (Å²) in [6.07, 6.45) is 0.721. The number of benzene rings is 3. The van der Waals surface area contributed by atoms with Crippen LogP contribution < -0.4 is 10.1 Å². The van der Waals surface area contributed by atoms with Gasteiger partial charge in [0.2, 0.25) is 5.88 Å². The van der Waals surface area contributed by atoms with Gasteiger partial charge in [0.15, 0.2) is 5.69 Å². The van der Waals surface area contributed by atoms with Crippen LogP contribution in [0.1, 0.15) is 15.9 Å². The molecule has 0 aliphatic carbocycles. The molecular formula is C26H24N4O4. The van der Waals surface area contributed by atoms with E-state index in [1.54, 1.807) is 28.8 Å². The lowest BCUT2D eigenvalue weighted by molar-refractivity contribution is -0.117. The summed E-state index contributed by atoms with van der Waals surface area (Å²) < 4.78 is 6.86. The smallest absolute Gasteiger partial charge is 0.283 e. The number of nitrogens with one attached hydrogen (secondary N) is 1. The maximum atomic E-state index is 12.3. The number of aryl methyl sites for hydroxylation is 2. The molecule has 0 fully saturated rings. The summed E-state index contributed by atoms with van der Waals surface area (Å²) in [5.41, 5.74) is 2.52. The molecule has 0 aliphatic heterocycles. The van der Waals surface area contributed by atoms with Gasteiger partial charge in [-0.1, -0.05) is 54.6 Å². The first kappa shape index (κ1) is 22.7. The lowest BCUT2D eigenvalue weighted by Gasteiger charge is -2.07. The van der Waals surface area contributed by atoms with Gasteiger partial charge in [-0.05, 0) is 36.2 Å². The zero-order valence-corrected chi connectivity index (χ0v) is 18.6. The second-order valence-corrected chi connectivity index (χ2v) is 7.58. The fourth-order valence-electron chi connectivity index (χ4n) is 3.65. The topological polar surface area (TPSA) is 105 Å². The summed E-state index contributed by atoms with van der Waals surface area (Å²) in [6.45, 7) is 0.212. The predicted molar refractivity (Wildman–Crippen MR) is 129 cm³/mol. The number of carbonyl (C=O) groups excluding carboxylic acids is 2. The van der Waals surface area contributed by atoms with Crippen LogP contribution in [0.4, 0.5) is 5.69 Å². The Balaban J connectivity index is 1.46. The van der Waals surface area contributed by atoms with Gasteiger partial charge < -0.3 is 19.7 Å². The zero-order chi connectivity index (χ0) is 23.9. The number of amides is 2. The molecule has 34 heavy (non-hydrogen) atoms. The van der Waals surface area contributed by atoms with Crippen molar-refractivity contribution < 1.29 is 19.4 Å². The Labute approximate surface area is 196 Å². The third-order valence-corrected chi connectivity index (χ3v) is 5.38. The standard InChI is InChI=1S/C26H24N4O4/c1-34-20-11-7-10-19(16-20)25(32)27-17-23(31)28-29-24-21-12-5-6-13-22(21)30(26(24)33)15-14-18-8-3-2-4-9-18/h2-13,16,33H,14-15,17H2,1H3,(H,27,32). The molecule has 0 radical (unpaired) electrons. The van der Waals surface area contributed by atoms with E-state index in [-0.39, 0.29) is 18.1 Å². The number of carbonyl (C=O) groups is 2. The molecule has 4 rings (SSSR count). The van der Waals surface area contributed by atoms with E-state index in [2.05, 4.69) is 15.5 Å². The van der Waals surface area contributed by atoms with Crippen molar-refractivity contribution in [3.05, 3.63) is 90.0 Å². The summed E-state index contributed by atoms with van der Waals surface area (Å²) >= 11 is 0. The van der Waals surface area contributed by atoms with E-state index in [0.29, 0.717) is 23.2 Å². The molecule has 0 aliphatic rings. The number of methoxy groups -OCH3 is 1. The van der Waals surface area contributed by atoms with Crippen LogP contribution in [0.15, 0.2) is 89.1 Å². The van der Waals surface area contributed by atoms with Gasteiger partial charge >= 0.3 is 0 Å². The van der Waals surface area contributed by atoms with Crippen LogP contribution >= 0.6 is 0 Å². The van der Waals surface area contributed by atoms with Crippen LogP contribution in [0.3, 0.4) is 0 Å². The third-order valence-electron chi connectivity index (χ3n) is 5.38. The quantitative estimate of drug-likeness (QED) is 0.377. The fraction of sp³-hybridized carbons (Fsp3) is 0.154. The highest BCUT2D eigenvalue weighted by Gasteiger charge is 2.17. The minimum atomic E-state index is -0.642. The molecule has 2 N–H and O–H groups in total. The summed E-state index contributed by atoms with van der Waals surface area (Å²) in [4.78, 5) is 24.5. The summed E-state index contributed by atoms with van der Waals surface area (Å²) in [7, 11) is 1.51. The largest absolute Gasteiger partial charge is 0.497 e. The van der Waals surface area contributed by atoms with E-state index >= 15 is 0 Å². The number of aromatic hydroxyl groups is 1. The van der Waals surface area contributed by atoms with E-state index in [1.165, 1.54) is 7.11 Å². The van der Waals surface area contributed by atoms with Gasteiger partial charge in [-0.2, -0.15) is 0 Å². The van der Waals surface area contributed by atoms with Gasteiger partial charge in [0, 0.05) is 17.5 Å². The van der Waals surface area contributed by atoms with Crippen molar-refractivity contribution in [2.24, 2.45) is 10.2 Å². The molecule has 3 aromatic carbocycles. The van der Waals surface area contributed by atoms with Crippen molar-refractivity contribution in [2.45, 2.75) is 13.0 Å². The molecule has 0 saturated heterocycles. The lowest BCUT2D eigenvalue weighted by Crippen LogP contribution is -2.28. The van der Waals surface area contributed by atoms with Crippen molar-refractivity contribution in [1.82, 2.24) is 9.88 Å². The Bertz CT molecular complexity index is 1350. The second-order valence-electron chi connectivity index (χ2n) is 7.58. The number of aromatic nitrogens is 1. The molecule has 172 valence electrons. The van der Waals surface area contributed by atoms with Crippen molar-refractivity contribution in [2.75, 3.05) is 13.7 Å². The number of rotatable bonds is 8. The maximum Gasteiger partial charge on any atom is 0.283 e. The number of ether oxygens (including phenoxy) is 1. The highest BCUT2D eigenvalue weighted by atomic mass is 16.5. The first-order valence-corrected chi connectivity index (χ1v) is 10.8. The van der Waals surface area contributed by atoms with E-state index < -0.39 is 11.8 Å². The van der Waals surface area contributed by atoms with E-state index in [1.807, 2.05) is 54.6 Å². The van der Waals surface area contributed by atoms with Crippen LogP contribution in [-0.4, -0.2) is 35.1 Å². The highest BCUT2D eigenvalue weighted by molar-refractivity contribution is 5.97. The van der Waals surface area contributed by atoms with Crippen LogP contribution in [0.25, 0.3) is 10.9 Å². The Kier molecular flexibility index (Phi) is 6.98. The Morgan fingerprint density at radius 3 is 2.56 bits per heavy atom. The molecule has 8 nitrogen and oxygen atoms in total. The molecule has 0 saturated carbocycles. The zero-order valence-electron chi connectivity index (χ0n) is 18.6. The summed E-state index contributed by atoms with van der Waals surface area (Å²) in [6, 6.07) is 24.0. The lowest BCUT2D eigenvalue weighted by atomic mass is 10.1. The van der Waals surface area contributed by atoms with Crippen LogP contribution in [-0.2, 0) is 17.8 Å². The van der Waals surface area contributed by atoms with Gasteiger partial charge in [-0.15, -0.1) is 10.2 Å². The van der Waals surface area contributed by atoms with Crippen molar-refractivity contribution >= 4 is 28.4 Å². The molecule has 0 unspecified atom stereocenters. The van der Waals surface area contributed by atoms with E-state index in [9.17, 15) is 14.7 Å². The van der Waals surface area contributed by atoms with Gasteiger partial charge in [-0.25, -0.2) is 0 Å². The SMILES string of the molecule is COc1cccc(C(=O)NCC(=O)N=Nc2c(O)n(CCc3ccccc3)c3ccccc23)c1. The number of para-hydroxylation sites is 1. The molecule has 1 heterocycles. The van der Waals surface area contributed by atoms with Crippen molar-refractivity contribution in [1.29, 1.82) is 0 Å². The number of fused-ring (bicyclic) bond motifs is 1. The highest BCUT2D eigenvalue weighted by Crippen LogP contribution is 2.38. The first-order chi connectivity index (χ1) is 16.6. The van der Waals surface area contributed by atoms with Crippen LogP contribution in [0, 0.1) is 0 Å². The second kappa shape index (κ2) is 10.4. The van der Waals surface area contributed by atoms with Gasteiger partial charge in [0.05, 0.1) is 12.6 Å².